The van der Waals surface area contributed by atoms with E-state index in [2.05, 4.69) is 44.5 Å². The molecular formula is C11H14OS3. The summed E-state index contributed by atoms with van der Waals surface area (Å²) in [5.41, 5.74) is 2.67. The van der Waals surface area contributed by atoms with Crippen LogP contribution in [-0.4, -0.2) is 0 Å². The van der Waals surface area contributed by atoms with Gasteiger partial charge in [-0.25, -0.2) is 0 Å². The van der Waals surface area contributed by atoms with Crippen molar-refractivity contribution in [1.82, 2.24) is 0 Å². The average Bonchev–Trinajstić information content (AvgIpc) is 2.85. The molecule has 0 unspecified atom stereocenters. The first-order chi connectivity index (χ1) is 7.15. The standard InChI is InChI=1S/C6H8S2.C5H6OS/c1-4-3-8-6(7)5(4)2;7-4-5-2-1-3-6-5/h3,7H,1-2H3;1-3,7H,4H2. The van der Waals surface area contributed by atoms with Crippen molar-refractivity contribution in [3.63, 3.8) is 0 Å². The van der Waals surface area contributed by atoms with Crippen LogP contribution in [0.2, 0.25) is 0 Å². The molecule has 0 aliphatic heterocycles. The van der Waals surface area contributed by atoms with Crippen LogP contribution in [0.4, 0.5) is 0 Å². The summed E-state index contributed by atoms with van der Waals surface area (Å²) in [6, 6.07) is 3.75. The van der Waals surface area contributed by atoms with Gasteiger partial charge >= 0.3 is 0 Å². The third-order valence-corrected chi connectivity index (χ3v) is 3.96. The van der Waals surface area contributed by atoms with Crippen molar-refractivity contribution < 1.29 is 4.42 Å². The van der Waals surface area contributed by atoms with Crippen LogP contribution in [0.1, 0.15) is 16.9 Å². The molecule has 2 rings (SSSR count). The first-order valence-corrected chi connectivity index (χ1v) is 6.48. The van der Waals surface area contributed by atoms with Gasteiger partial charge in [-0.05, 0) is 42.5 Å². The van der Waals surface area contributed by atoms with E-state index in [9.17, 15) is 0 Å². The molecule has 0 aliphatic rings. The highest BCUT2D eigenvalue weighted by atomic mass is 32.2. The summed E-state index contributed by atoms with van der Waals surface area (Å²) in [4.78, 5) is 0. The highest BCUT2D eigenvalue weighted by molar-refractivity contribution is 7.82. The number of aryl methyl sites for hydroxylation is 1. The van der Waals surface area contributed by atoms with Crippen LogP contribution in [-0.2, 0) is 5.75 Å². The number of hydrogen-bond donors (Lipinski definition) is 2. The summed E-state index contributed by atoms with van der Waals surface area (Å²) in [7, 11) is 0. The topological polar surface area (TPSA) is 13.1 Å². The second-order valence-electron chi connectivity index (χ2n) is 3.09. The van der Waals surface area contributed by atoms with Gasteiger partial charge in [0, 0.05) is 5.75 Å². The lowest BCUT2D eigenvalue weighted by molar-refractivity contribution is 0.531. The molecule has 15 heavy (non-hydrogen) atoms. The van der Waals surface area contributed by atoms with E-state index >= 15 is 0 Å². The number of rotatable bonds is 1. The molecule has 0 N–H and O–H groups in total. The molecule has 0 aliphatic carbocycles. The van der Waals surface area contributed by atoms with Gasteiger partial charge in [0.15, 0.2) is 0 Å². The molecule has 0 aromatic carbocycles. The van der Waals surface area contributed by atoms with E-state index in [0.717, 1.165) is 9.97 Å². The fourth-order valence-electron chi connectivity index (χ4n) is 0.892. The SMILES string of the molecule is Cc1csc(S)c1C.SCc1ccco1. The monoisotopic (exact) mass is 258 g/mol. The number of furan rings is 1. The molecule has 0 spiro atoms. The molecule has 2 aromatic rings. The van der Waals surface area contributed by atoms with Gasteiger partial charge in [0.1, 0.15) is 5.76 Å². The molecule has 2 aromatic heterocycles. The zero-order valence-corrected chi connectivity index (χ0v) is 11.3. The van der Waals surface area contributed by atoms with Gasteiger partial charge in [-0.15, -0.1) is 24.0 Å². The van der Waals surface area contributed by atoms with Crippen LogP contribution in [0.5, 0.6) is 0 Å². The van der Waals surface area contributed by atoms with Crippen LogP contribution in [0.3, 0.4) is 0 Å². The zero-order chi connectivity index (χ0) is 11.3. The van der Waals surface area contributed by atoms with E-state index in [1.165, 1.54) is 11.1 Å². The van der Waals surface area contributed by atoms with Crippen LogP contribution in [0.25, 0.3) is 0 Å². The Morgan fingerprint density at radius 3 is 2.33 bits per heavy atom. The Kier molecular flexibility index (Phi) is 5.36. The maximum atomic E-state index is 4.91. The third-order valence-electron chi connectivity index (χ3n) is 2.00. The molecule has 2 heterocycles. The average molecular weight is 258 g/mol. The minimum atomic E-state index is 0.688. The van der Waals surface area contributed by atoms with Gasteiger partial charge < -0.3 is 4.42 Å². The summed E-state index contributed by atoms with van der Waals surface area (Å²) < 4.78 is 6.05. The Hall–Kier alpha value is -0.320. The molecule has 4 heteroatoms. The van der Waals surface area contributed by atoms with Crippen molar-refractivity contribution in [1.29, 1.82) is 0 Å². The normalized spacial score (nSPS) is 9.60. The van der Waals surface area contributed by atoms with Crippen LogP contribution in [0, 0.1) is 13.8 Å². The molecular weight excluding hydrogens is 244 g/mol. The Labute approximate surface area is 105 Å². The van der Waals surface area contributed by atoms with Crippen LogP contribution < -0.4 is 0 Å². The molecule has 0 saturated carbocycles. The van der Waals surface area contributed by atoms with E-state index in [-0.39, 0.29) is 0 Å². The van der Waals surface area contributed by atoms with Crippen molar-refractivity contribution in [2.75, 3.05) is 0 Å². The first-order valence-electron chi connectivity index (χ1n) is 4.52. The van der Waals surface area contributed by atoms with E-state index in [0.29, 0.717) is 5.75 Å². The van der Waals surface area contributed by atoms with Crippen LogP contribution >= 0.6 is 36.6 Å². The van der Waals surface area contributed by atoms with Crippen molar-refractivity contribution in [3.05, 3.63) is 40.7 Å². The summed E-state index contributed by atoms with van der Waals surface area (Å²) in [5, 5.41) is 2.12. The van der Waals surface area contributed by atoms with E-state index < -0.39 is 0 Å². The maximum absolute atomic E-state index is 4.91. The van der Waals surface area contributed by atoms with Gasteiger partial charge in [-0.1, -0.05) is 0 Å². The lowest BCUT2D eigenvalue weighted by Gasteiger charge is -1.85. The Balaban J connectivity index is 0.000000151. The Morgan fingerprint density at radius 1 is 1.40 bits per heavy atom. The molecule has 0 fully saturated rings. The number of thiophene rings is 1. The summed E-state index contributed by atoms with van der Waals surface area (Å²) in [6.45, 7) is 4.19. The second kappa shape index (κ2) is 6.30. The van der Waals surface area contributed by atoms with Gasteiger partial charge in [-0.3, -0.25) is 0 Å². The first kappa shape index (κ1) is 12.7. The molecule has 1 nitrogen and oxygen atoms in total. The summed E-state index contributed by atoms with van der Waals surface area (Å²) in [5.74, 6) is 1.61. The minimum absolute atomic E-state index is 0.688. The van der Waals surface area contributed by atoms with Gasteiger partial charge in [-0.2, -0.15) is 12.6 Å². The van der Waals surface area contributed by atoms with Gasteiger partial charge in [0.05, 0.1) is 10.5 Å². The molecule has 0 atom stereocenters. The number of thiol groups is 2. The Bertz CT molecular complexity index is 370. The minimum Gasteiger partial charge on any atom is -0.468 e. The lowest BCUT2D eigenvalue weighted by atomic mass is 10.2. The van der Waals surface area contributed by atoms with E-state index in [1.807, 2.05) is 12.1 Å². The van der Waals surface area contributed by atoms with Crippen molar-refractivity contribution in [2.24, 2.45) is 0 Å². The number of hydrogen-bond acceptors (Lipinski definition) is 4. The Morgan fingerprint density at radius 2 is 2.13 bits per heavy atom. The highest BCUT2D eigenvalue weighted by Crippen LogP contribution is 2.23. The predicted molar refractivity (Wildman–Crippen MR) is 72.4 cm³/mol. The smallest absolute Gasteiger partial charge is 0.113 e. The highest BCUT2D eigenvalue weighted by Gasteiger charge is 1.96. The zero-order valence-electron chi connectivity index (χ0n) is 8.73. The fraction of sp³-hybridized carbons (Fsp3) is 0.273. The van der Waals surface area contributed by atoms with Crippen LogP contribution in [0.15, 0.2) is 32.4 Å². The summed E-state index contributed by atoms with van der Waals surface area (Å²) in [6.07, 6.45) is 1.64. The van der Waals surface area contributed by atoms with Crippen molar-refractivity contribution in [3.8, 4) is 0 Å². The van der Waals surface area contributed by atoms with Crippen molar-refractivity contribution >= 4 is 36.6 Å². The quantitative estimate of drug-likeness (QED) is 0.725. The summed E-state index contributed by atoms with van der Waals surface area (Å²) >= 11 is 9.91. The molecule has 82 valence electrons. The van der Waals surface area contributed by atoms with E-state index in [4.69, 9.17) is 4.42 Å². The lowest BCUT2D eigenvalue weighted by Crippen LogP contribution is -1.67. The van der Waals surface area contributed by atoms with Gasteiger partial charge in [0.2, 0.25) is 0 Å². The van der Waals surface area contributed by atoms with Gasteiger partial charge in [0.25, 0.3) is 0 Å². The molecule has 0 bridgehead atoms. The fourth-order valence-corrected chi connectivity index (χ4v) is 2.21. The molecule has 0 radical (unpaired) electrons. The largest absolute Gasteiger partial charge is 0.468 e. The predicted octanol–water partition coefficient (Wildman–Crippen LogP) is 4.36. The second-order valence-corrected chi connectivity index (χ2v) is 5.03. The molecule has 0 amide bonds. The molecule has 0 saturated heterocycles. The maximum Gasteiger partial charge on any atom is 0.113 e. The van der Waals surface area contributed by atoms with Crippen molar-refractivity contribution in [2.45, 2.75) is 23.8 Å². The third kappa shape index (κ3) is 3.97. The van der Waals surface area contributed by atoms with E-state index in [1.54, 1.807) is 17.6 Å².